The van der Waals surface area contributed by atoms with Gasteiger partial charge in [-0.3, -0.25) is 0 Å². The van der Waals surface area contributed by atoms with Crippen LogP contribution in [0.4, 0.5) is 4.39 Å². The molecule has 2 N–H and O–H groups in total. The van der Waals surface area contributed by atoms with E-state index in [-0.39, 0.29) is 0 Å². The van der Waals surface area contributed by atoms with Crippen molar-refractivity contribution in [1.82, 2.24) is 0 Å². The van der Waals surface area contributed by atoms with Crippen LogP contribution in [0.2, 0.25) is 0 Å². The fourth-order valence-electron chi connectivity index (χ4n) is 0.667. The first-order valence-electron chi connectivity index (χ1n) is 2.57. The molecule has 0 aromatic heterocycles. The molecule has 0 radical (unpaired) electrons. The summed E-state index contributed by atoms with van der Waals surface area (Å²) in [6.07, 6.45) is 4.48. The Kier molecular flexibility index (Phi) is 1.33. The number of hydrogen-bond acceptors (Lipinski definition) is 1. The van der Waals surface area contributed by atoms with Gasteiger partial charge in [0.2, 0.25) is 0 Å². The van der Waals surface area contributed by atoms with Crippen LogP contribution in [0, 0.1) is 0 Å². The van der Waals surface area contributed by atoms with E-state index in [4.69, 9.17) is 5.73 Å². The van der Waals surface area contributed by atoms with Crippen molar-refractivity contribution in [2.24, 2.45) is 5.73 Å². The van der Waals surface area contributed by atoms with E-state index >= 15 is 0 Å². The lowest BCUT2D eigenvalue weighted by Gasteiger charge is -2.03. The second-order valence-corrected chi connectivity index (χ2v) is 1.82. The van der Waals surface area contributed by atoms with E-state index in [1.807, 2.05) is 0 Å². The minimum Gasteiger partial charge on any atom is -0.399 e. The van der Waals surface area contributed by atoms with Crippen molar-refractivity contribution in [3.05, 3.63) is 23.9 Å². The van der Waals surface area contributed by atoms with Crippen molar-refractivity contribution >= 4 is 0 Å². The Morgan fingerprint density at radius 1 is 1.75 bits per heavy atom. The zero-order chi connectivity index (χ0) is 5.98. The Labute approximate surface area is 47.7 Å². The smallest absolute Gasteiger partial charge is 0.124 e. The van der Waals surface area contributed by atoms with E-state index in [0.29, 0.717) is 12.1 Å². The molecular formula is C6H8FN. The molecular weight excluding hydrogens is 105 g/mol. The van der Waals surface area contributed by atoms with Crippen LogP contribution in [0.25, 0.3) is 0 Å². The van der Waals surface area contributed by atoms with Crippen molar-refractivity contribution in [2.45, 2.75) is 12.6 Å². The standard InChI is InChI=1S/C6H8FN/c7-5-2-1-3-6(8)4-5/h1,3-5H,2,8H2/t5-/m0/s1. The van der Waals surface area contributed by atoms with Gasteiger partial charge in [0.1, 0.15) is 6.17 Å². The van der Waals surface area contributed by atoms with Crippen molar-refractivity contribution in [3.8, 4) is 0 Å². The first-order valence-corrected chi connectivity index (χ1v) is 2.57. The molecule has 1 rings (SSSR count). The maximum absolute atomic E-state index is 12.2. The number of allylic oxidation sites excluding steroid dienone is 3. The quantitative estimate of drug-likeness (QED) is 0.500. The van der Waals surface area contributed by atoms with Crippen molar-refractivity contribution in [1.29, 1.82) is 0 Å². The maximum atomic E-state index is 12.2. The molecule has 0 spiro atoms. The fourth-order valence-corrected chi connectivity index (χ4v) is 0.667. The van der Waals surface area contributed by atoms with Crippen LogP contribution >= 0.6 is 0 Å². The van der Waals surface area contributed by atoms with Gasteiger partial charge in [-0.25, -0.2) is 4.39 Å². The average Bonchev–Trinajstić information content (AvgIpc) is 1.64. The van der Waals surface area contributed by atoms with Crippen LogP contribution in [0.15, 0.2) is 23.9 Å². The first kappa shape index (κ1) is 5.35. The van der Waals surface area contributed by atoms with Crippen LogP contribution in [0.3, 0.4) is 0 Å². The topological polar surface area (TPSA) is 26.0 Å². The Morgan fingerprint density at radius 2 is 2.50 bits per heavy atom. The normalized spacial score (nSPS) is 27.6. The molecule has 1 aliphatic carbocycles. The summed E-state index contributed by atoms with van der Waals surface area (Å²) in [6.45, 7) is 0. The van der Waals surface area contributed by atoms with E-state index in [1.54, 1.807) is 12.2 Å². The number of nitrogens with two attached hydrogens (primary N) is 1. The molecule has 0 heterocycles. The van der Waals surface area contributed by atoms with Crippen molar-refractivity contribution in [2.75, 3.05) is 0 Å². The highest BCUT2D eigenvalue weighted by Gasteiger charge is 2.02. The highest BCUT2D eigenvalue weighted by atomic mass is 19.1. The minimum absolute atomic E-state index is 0.473. The molecule has 0 aromatic carbocycles. The number of alkyl halides is 1. The van der Waals surface area contributed by atoms with Gasteiger partial charge in [0.05, 0.1) is 0 Å². The predicted molar refractivity (Wildman–Crippen MR) is 30.9 cm³/mol. The number of hydrogen-bond donors (Lipinski definition) is 1. The van der Waals surface area contributed by atoms with Gasteiger partial charge in [-0.2, -0.15) is 0 Å². The van der Waals surface area contributed by atoms with E-state index in [2.05, 4.69) is 0 Å². The van der Waals surface area contributed by atoms with Crippen molar-refractivity contribution in [3.63, 3.8) is 0 Å². The van der Waals surface area contributed by atoms with E-state index in [0.717, 1.165) is 0 Å². The third-order valence-electron chi connectivity index (χ3n) is 1.04. The summed E-state index contributed by atoms with van der Waals surface area (Å²) in [6, 6.07) is 0. The predicted octanol–water partition coefficient (Wildman–Crippen LogP) is 1.13. The van der Waals surface area contributed by atoms with Gasteiger partial charge in [-0.15, -0.1) is 0 Å². The molecule has 0 amide bonds. The highest BCUT2D eigenvalue weighted by molar-refractivity contribution is 5.21. The van der Waals surface area contributed by atoms with Gasteiger partial charge in [-0.1, -0.05) is 6.08 Å². The molecule has 1 atom stereocenters. The molecule has 0 saturated heterocycles. The lowest BCUT2D eigenvalue weighted by molar-refractivity contribution is 0.399. The van der Waals surface area contributed by atoms with Crippen LogP contribution in [0.5, 0.6) is 0 Å². The lowest BCUT2D eigenvalue weighted by Crippen LogP contribution is -2.04. The summed E-state index contributed by atoms with van der Waals surface area (Å²) < 4.78 is 12.2. The summed E-state index contributed by atoms with van der Waals surface area (Å²) in [5.74, 6) is 0. The molecule has 0 fully saturated rings. The van der Waals surface area contributed by atoms with Gasteiger partial charge >= 0.3 is 0 Å². The third kappa shape index (κ3) is 1.09. The molecule has 0 aromatic rings. The third-order valence-corrected chi connectivity index (χ3v) is 1.04. The number of rotatable bonds is 0. The van der Waals surface area contributed by atoms with Crippen LogP contribution in [-0.2, 0) is 0 Å². The zero-order valence-electron chi connectivity index (χ0n) is 4.47. The molecule has 1 nitrogen and oxygen atoms in total. The molecule has 0 saturated carbocycles. The minimum atomic E-state index is -0.861. The van der Waals surface area contributed by atoms with Gasteiger partial charge in [0, 0.05) is 12.1 Å². The Morgan fingerprint density at radius 3 is 2.88 bits per heavy atom. The molecule has 0 aliphatic heterocycles. The monoisotopic (exact) mass is 113 g/mol. The second kappa shape index (κ2) is 1.99. The largest absolute Gasteiger partial charge is 0.399 e. The molecule has 0 unspecified atom stereocenters. The Hall–Kier alpha value is -0.790. The van der Waals surface area contributed by atoms with Gasteiger partial charge in [-0.05, 0) is 12.2 Å². The Balaban J connectivity index is 2.63. The molecule has 8 heavy (non-hydrogen) atoms. The fraction of sp³-hybridized carbons (Fsp3) is 0.333. The summed E-state index contributed by atoms with van der Waals surface area (Å²) >= 11 is 0. The molecule has 0 bridgehead atoms. The van der Waals surface area contributed by atoms with Gasteiger partial charge < -0.3 is 5.73 Å². The summed E-state index contributed by atoms with van der Waals surface area (Å²) in [5, 5.41) is 0. The van der Waals surface area contributed by atoms with Gasteiger partial charge in [0.15, 0.2) is 0 Å². The van der Waals surface area contributed by atoms with Crippen LogP contribution in [0.1, 0.15) is 6.42 Å². The van der Waals surface area contributed by atoms with Gasteiger partial charge in [0.25, 0.3) is 0 Å². The molecule has 2 heteroatoms. The van der Waals surface area contributed by atoms with Crippen LogP contribution in [-0.4, -0.2) is 6.17 Å². The maximum Gasteiger partial charge on any atom is 0.124 e. The second-order valence-electron chi connectivity index (χ2n) is 1.82. The lowest BCUT2D eigenvalue weighted by atomic mass is 10.1. The van der Waals surface area contributed by atoms with Crippen LogP contribution < -0.4 is 5.73 Å². The van der Waals surface area contributed by atoms with Crippen molar-refractivity contribution < 1.29 is 4.39 Å². The average molecular weight is 113 g/mol. The summed E-state index contributed by atoms with van der Waals surface area (Å²) in [4.78, 5) is 0. The van der Waals surface area contributed by atoms with E-state index < -0.39 is 6.17 Å². The number of halogens is 1. The first-order chi connectivity index (χ1) is 3.79. The zero-order valence-corrected chi connectivity index (χ0v) is 4.47. The van der Waals surface area contributed by atoms with E-state index in [1.165, 1.54) is 6.08 Å². The summed E-state index contributed by atoms with van der Waals surface area (Å²) in [7, 11) is 0. The SMILES string of the molecule is NC1=C[C@@H](F)CC=C1. The molecule has 44 valence electrons. The molecule has 1 aliphatic rings. The summed E-state index contributed by atoms with van der Waals surface area (Å²) in [5.41, 5.74) is 5.79. The van der Waals surface area contributed by atoms with E-state index in [9.17, 15) is 4.39 Å². The Bertz CT molecular complexity index is 137. The highest BCUT2D eigenvalue weighted by Crippen LogP contribution is 2.08.